The maximum Gasteiger partial charge on any atom is 0.408 e. The molecule has 0 saturated carbocycles. The molecule has 1 amide bonds. The van der Waals surface area contributed by atoms with Gasteiger partial charge in [-0.15, -0.1) is 0 Å². The number of alkyl carbamates (subject to hydrolysis) is 1. The number of carbonyl (C=O) groups is 2. The Balaban J connectivity index is 1.57. The third kappa shape index (κ3) is 5.58. The van der Waals surface area contributed by atoms with Gasteiger partial charge in [0.2, 0.25) is 0 Å². The first-order valence-corrected chi connectivity index (χ1v) is 11.3. The SMILES string of the molecule is CCc1cc(=O)oc2c(C)c(OC(=O)[C@@H](NC(=O)OCc3ccccc3)c3ccccc3)ccc12. The quantitative estimate of drug-likeness (QED) is 0.225. The summed E-state index contributed by atoms with van der Waals surface area (Å²) >= 11 is 0. The maximum atomic E-state index is 13.2. The summed E-state index contributed by atoms with van der Waals surface area (Å²) in [6, 6.07) is 21.7. The van der Waals surface area contributed by atoms with Gasteiger partial charge >= 0.3 is 17.7 Å². The van der Waals surface area contributed by atoms with Crippen LogP contribution in [0.2, 0.25) is 0 Å². The second kappa shape index (κ2) is 10.7. The van der Waals surface area contributed by atoms with Crippen molar-refractivity contribution in [1.82, 2.24) is 5.32 Å². The van der Waals surface area contributed by atoms with Gasteiger partial charge in [0.25, 0.3) is 0 Å². The molecule has 0 bridgehead atoms. The van der Waals surface area contributed by atoms with E-state index < -0.39 is 23.7 Å². The number of ether oxygens (including phenoxy) is 2. The molecule has 1 heterocycles. The van der Waals surface area contributed by atoms with Crippen molar-refractivity contribution in [3.63, 3.8) is 0 Å². The van der Waals surface area contributed by atoms with E-state index in [0.29, 0.717) is 23.1 Å². The lowest BCUT2D eigenvalue weighted by Crippen LogP contribution is -2.36. The fourth-order valence-electron chi connectivity index (χ4n) is 3.78. The zero-order valence-electron chi connectivity index (χ0n) is 19.4. The van der Waals surface area contributed by atoms with Gasteiger partial charge in [0, 0.05) is 17.0 Å². The third-order valence-electron chi connectivity index (χ3n) is 5.63. The van der Waals surface area contributed by atoms with Gasteiger partial charge in [-0.25, -0.2) is 14.4 Å². The molecule has 0 radical (unpaired) electrons. The second-order valence-corrected chi connectivity index (χ2v) is 7.98. The zero-order valence-corrected chi connectivity index (χ0v) is 19.4. The maximum absolute atomic E-state index is 13.2. The van der Waals surface area contributed by atoms with Crippen LogP contribution in [0.15, 0.2) is 88.1 Å². The highest BCUT2D eigenvalue weighted by atomic mass is 16.6. The van der Waals surface area contributed by atoms with E-state index in [1.165, 1.54) is 6.07 Å². The largest absolute Gasteiger partial charge is 0.445 e. The summed E-state index contributed by atoms with van der Waals surface area (Å²) in [7, 11) is 0. The Hall–Kier alpha value is -4.39. The molecule has 7 nitrogen and oxygen atoms in total. The minimum Gasteiger partial charge on any atom is -0.445 e. The first-order chi connectivity index (χ1) is 17.0. The molecule has 1 aromatic heterocycles. The number of nitrogens with one attached hydrogen (secondary N) is 1. The third-order valence-corrected chi connectivity index (χ3v) is 5.63. The lowest BCUT2D eigenvalue weighted by molar-refractivity contribution is -0.136. The van der Waals surface area contributed by atoms with Gasteiger partial charge in [-0.05, 0) is 42.2 Å². The number of hydrogen-bond acceptors (Lipinski definition) is 6. The van der Waals surface area contributed by atoms with Crippen molar-refractivity contribution in [3.05, 3.63) is 112 Å². The topological polar surface area (TPSA) is 94.8 Å². The predicted molar refractivity (Wildman–Crippen MR) is 131 cm³/mol. The number of benzene rings is 3. The van der Waals surface area contributed by atoms with Gasteiger partial charge in [0.05, 0.1) is 0 Å². The smallest absolute Gasteiger partial charge is 0.408 e. The Labute approximate surface area is 202 Å². The average molecular weight is 472 g/mol. The Kier molecular flexibility index (Phi) is 7.26. The number of carbonyl (C=O) groups excluding carboxylic acids is 2. The molecule has 7 heteroatoms. The van der Waals surface area contributed by atoms with E-state index >= 15 is 0 Å². The fraction of sp³-hybridized carbons (Fsp3) is 0.179. The number of amides is 1. The van der Waals surface area contributed by atoms with Crippen molar-refractivity contribution < 1.29 is 23.5 Å². The number of hydrogen-bond donors (Lipinski definition) is 1. The first kappa shape index (κ1) is 23.8. The molecule has 4 rings (SSSR count). The number of aryl methyl sites for hydroxylation is 2. The van der Waals surface area contributed by atoms with Gasteiger partial charge in [-0.3, -0.25) is 0 Å². The average Bonchev–Trinajstić information content (AvgIpc) is 2.88. The van der Waals surface area contributed by atoms with Crippen LogP contribution in [0.1, 0.15) is 35.2 Å². The first-order valence-electron chi connectivity index (χ1n) is 11.3. The van der Waals surface area contributed by atoms with Crippen LogP contribution in [0.4, 0.5) is 4.79 Å². The van der Waals surface area contributed by atoms with Crippen molar-refractivity contribution in [1.29, 1.82) is 0 Å². The predicted octanol–water partition coefficient (Wildman–Crippen LogP) is 5.24. The van der Waals surface area contributed by atoms with Crippen molar-refractivity contribution in [2.45, 2.75) is 32.9 Å². The number of fused-ring (bicyclic) bond motifs is 1. The van der Waals surface area contributed by atoms with E-state index in [0.717, 1.165) is 16.5 Å². The molecule has 1 atom stereocenters. The molecule has 0 saturated heterocycles. The highest BCUT2D eigenvalue weighted by Crippen LogP contribution is 2.30. The number of esters is 1. The van der Waals surface area contributed by atoms with Gasteiger partial charge < -0.3 is 19.2 Å². The van der Waals surface area contributed by atoms with Gasteiger partial charge in [-0.2, -0.15) is 0 Å². The molecular formula is C28H25NO6. The van der Waals surface area contributed by atoms with Crippen molar-refractivity contribution in [2.75, 3.05) is 0 Å². The molecule has 3 aromatic carbocycles. The Bertz CT molecular complexity index is 1400. The minimum absolute atomic E-state index is 0.0613. The summed E-state index contributed by atoms with van der Waals surface area (Å²) in [6.45, 7) is 3.72. The standard InChI is InChI=1S/C28H25NO6/c1-3-20-16-24(30)35-26-18(2)23(15-14-22(20)26)34-27(31)25(21-12-8-5-9-13-21)29-28(32)33-17-19-10-6-4-7-11-19/h4-16,25H,3,17H2,1-2H3,(H,29,32)/t25-/m0/s1. The lowest BCUT2D eigenvalue weighted by Gasteiger charge is -2.19. The molecule has 35 heavy (non-hydrogen) atoms. The fourth-order valence-corrected chi connectivity index (χ4v) is 3.78. The highest BCUT2D eigenvalue weighted by molar-refractivity contribution is 5.88. The second-order valence-electron chi connectivity index (χ2n) is 7.98. The van der Waals surface area contributed by atoms with E-state index in [1.807, 2.05) is 37.3 Å². The summed E-state index contributed by atoms with van der Waals surface area (Å²) in [6.07, 6.45) is -0.0975. The van der Waals surface area contributed by atoms with Crippen LogP contribution in [-0.2, 0) is 22.6 Å². The summed E-state index contributed by atoms with van der Waals surface area (Å²) in [5, 5.41) is 3.38. The van der Waals surface area contributed by atoms with Crippen LogP contribution in [0.25, 0.3) is 11.0 Å². The molecule has 0 aliphatic carbocycles. The van der Waals surface area contributed by atoms with Crippen LogP contribution in [0, 0.1) is 6.92 Å². The summed E-state index contributed by atoms with van der Waals surface area (Å²) in [5.41, 5.74) is 2.62. The Morgan fingerprint density at radius 1 is 0.971 bits per heavy atom. The summed E-state index contributed by atoms with van der Waals surface area (Å²) < 4.78 is 16.4. The zero-order chi connectivity index (χ0) is 24.8. The van der Waals surface area contributed by atoms with E-state index in [9.17, 15) is 14.4 Å². The van der Waals surface area contributed by atoms with E-state index in [4.69, 9.17) is 13.9 Å². The molecule has 0 spiro atoms. The van der Waals surface area contributed by atoms with E-state index in [-0.39, 0.29) is 12.4 Å². The van der Waals surface area contributed by atoms with Crippen LogP contribution in [0.3, 0.4) is 0 Å². The van der Waals surface area contributed by atoms with E-state index in [1.54, 1.807) is 49.4 Å². The summed E-state index contributed by atoms with van der Waals surface area (Å²) in [5.74, 6) is -0.469. The highest BCUT2D eigenvalue weighted by Gasteiger charge is 2.26. The van der Waals surface area contributed by atoms with E-state index in [2.05, 4.69) is 5.32 Å². The van der Waals surface area contributed by atoms with Crippen LogP contribution >= 0.6 is 0 Å². The monoisotopic (exact) mass is 471 g/mol. The lowest BCUT2D eigenvalue weighted by atomic mass is 10.0. The Morgan fingerprint density at radius 3 is 2.34 bits per heavy atom. The molecule has 0 fully saturated rings. The van der Waals surface area contributed by atoms with Crippen LogP contribution in [0.5, 0.6) is 5.75 Å². The van der Waals surface area contributed by atoms with Gasteiger partial charge in [0.15, 0.2) is 6.04 Å². The van der Waals surface area contributed by atoms with Crippen molar-refractivity contribution in [2.24, 2.45) is 0 Å². The minimum atomic E-state index is -1.11. The van der Waals surface area contributed by atoms with Crippen molar-refractivity contribution >= 4 is 23.0 Å². The molecule has 0 aliphatic heterocycles. The van der Waals surface area contributed by atoms with Gasteiger partial charge in [0.1, 0.15) is 17.9 Å². The summed E-state index contributed by atoms with van der Waals surface area (Å²) in [4.78, 5) is 37.7. The number of rotatable bonds is 7. The van der Waals surface area contributed by atoms with Crippen LogP contribution in [-0.4, -0.2) is 12.1 Å². The molecule has 1 N–H and O–H groups in total. The normalized spacial score (nSPS) is 11.6. The Morgan fingerprint density at radius 2 is 1.66 bits per heavy atom. The molecule has 178 valence electrons. The van der Waals surface area contributed by atoms with Crippen LogP contribution < -0.4 is 15.7 Å². The molecule has 0 aliphatic rings. The molecule has 0 unspecified atom stereocenters. The molecule has 4 aromatic rings. The molecular weight excluding hydrogens is 446 g/mol. The van der Waals surface area contributed by atoms with Crippen molar-refractivity contribution in [3.8, 4) is 5.75 Å². The van der Waals surface area contributed by atoms with Gasteiger partial charge in [-0.1, -0.05) is 67.6 Å².